The molecule has 0 N–H and O–H groups in total. The second kappa shape index (κ2) is 6.56. The summed E-state index contributed by atoms with van der Waals surface area (Å²) < 4.78 is 0. The Labute approximate surface area is 161 Å². The van der Waals surface area contributed by atoms with E-state index < -0.39 is 0 Å². The molecule has 1 unspecified atom stereocenters. The quantitative estimate of drug-likeness (QED) is 0.504. The molecule has 0 spiro atoms. The molecule has 27 heavy (non-hydrogen) atoms. The second-order valence-corrected chi connectivity index (χ2v) is 7.33. The van der Waals surface area contributed by atoms with Crippen LogP contribution in [0.25, 0.3) is 28.3 Å². The smallest absolute Gasteiger partial charge is 0.0994 e. The fraction of sp³-hybridized carbons (Fsp3) is 0.192. The number of nitrogens with zero attached hydrogens (tertiary/aromatic N) is 1. The first-order valence-corrected chi connectivity index (χ1v) is 9.52. The Kier molecular flexibility index (Phi) is 4.21. The van der Waals surface area contributed by atoms with E-state index in [1.54, 1.807) is 0 Å². The molecular formula is C26H23N. The normalized spacial score (nSPS) is 14.4. The first-order valence-electron chi connectivity index (χ1n) is 9.52. The van der Waals surface area contributed by atoms with Crippen molar-refractivity contribution in [2.24, 2.45) is 0 Å². The molecule has 0 radical (unpaired) electrons. The van der Waals surface area contributed by atoms with E-state index >= 15 is 0 Å². The molecule has 0 aromatic heterocycles. The van der Waals surface area contributed by atoms with Crippen molar-refractivity contribution in [3.63, 3.8) is 0 Å². The summed E-state index contributed by atoms with van der Waals surface area (Å²) in [6.07, 6.45) is 2.78. The number of hydrogen-bond acceptors (Lipinski definition) is 1. The minimum atomic E-state index is 0.512. The van der Waals surface area contributed by atoms with Crippen LogP contribution in [0.2, 0.25) is 0 Å². The second-order valence-electron chi connectivity index (χ2n) is 7.33. The third-order valence-electron chi connectivity index (χ3n) is 5.80. The van der Waals surface area contributed by atoms with Gasteiger partial charge in [0.2, 0.25) is 0 Å². The molecule has 3 aromatic rings. The molecule has 0 bridgehead atoms. The van der Waals surface area contributed by atoms with Gasteiger partial charge in [-0.05, 0) is 69.5 Å². The van der Waals surface area contributed by atoms with E-state index in [4.69, 9.17) is 0 Å². The third kappa shape index (κ3) is 2.78. The topological polar surface area (TPSA) is 23.8 Å². The zero-order valence-electron chi connectivity index (χ0n) is 16.1. The average molecular weight is 349 g/mol. The molecule has 4 rings (SSSR count). The Hall–Kier alpha value is -3.11. The summed E-state index contributed by atoms with van der Waals surface area (Å²) in [6, 6.07) is 19.7. The molecule has 132 valence electrons. The maximum absolute atomic E-state index is 9.55. The highest BCUT2D eigenvalue weighted by Crippen LogP contribution is 2.52. The number of fused-ring (bicyclic) bond motifs is 1. The molecule has 0 saturated heterocycles. The van der Waals surface area contributed by atoms with Crippen LogP contribution >= 0.6 is 0 Å². The fourth-order valence-corrected chi connectivity index (χ4v) is 4.12. The highest BCUT2D eigenvalue weighted by atomic mass is 14.4. The van der Waals surface area contributed by atoms with Gasteiger partial charge in [0.15, 0.2) is 0 Å². The summed E-state index contributed by atoms with van der Waals surface area (Å²) >= 11 is 0. The summed E-state index contributed by atoms with van der Waals surface area (Å²) in [5.41, 5.74) is 12.0. The summed E-state index contributed by atoms with van der Waals surface area (Å²) in [5.74, 6) is 0.512. The highest BCUT2D eigenvalue weighted by Gasteiger charge is 2.33. The van der Waals surface area contributed by atoms with Crippen LogP contribution in [0, 0.1) is 18.3 Å². The van der Waals surface area contributed by atoms with Crippen molar-refractivity contribution < 1.29 is 0 Å². The fourth-order valence-electron chi connectivity index (χ4n) is 4.12. The van der Waals surface area contributed by atoms with Crippen LogP contribution < -0.4 is 0 Å². The molecule has 1 aliphatic carbocycles. The van der Waals surface area contributed by atoms with Gasteiger partial charge in [-0.15, -0.1) is 0 Å². The Morgan fingerprint density at radius 1 is 1.07 bits per heavy atom. The maximum atomic E-state index is 9.55. The summed E-state index contributed by atoms with van der Waals surface area (Å²) in [5, 5.41) is 9.55. The van der Waals surface area contributed by atoms with Gasteiger partial charge in [-0.1, -0.05) is 69.0 Å². The lowest BCUT2D eigenvalue weighted by atomic mass is 9.90. The SMILES string of the molecule is C=Cc1ccc(-c2c(-c3ccc(CC)c(C#N)c3)ccc3c2C3C)cc1C. The van der Waals surface area contributed by atoms with Crippen molar-refractivity contribution in [3.05, 3.63) is 88.5 Å². The lowest BCUT2D eigenvalue weighted by Gasteiger charge is -2.13. The van der Waals surface area contributed by atoms with Crippen molar-refractivity contribution in [2.75, 3.05) is 0 Å². The Bertz CT molecular complexity index is 1110. The monoisotopic (exact) mass is 349 g/mol. The Morgan fingerprint density at radius 2 is 1.85 bits per heavy atom. The standard InChI is InChI=1S/C26H23N/c1-5-18-7-10-21(13-16(18)3)26-24(12-11-23-17(4)25(23)26)20-9-8-19(6-2)22(14-20)15-27/h5,7-14,17H,1,6H2,2-4H3. The van der Waals surface area contributed by atoms with Crippen molar-refractivity contribution in [1.82, 2.24) is 0 Å². The van der Waals surface area contributed by atoms with Crippen molar-refractivity contribution >= 4 is 6.08 Å². The Balaban J connectivity index is 1.93. The summed E-state index contributed by atoms with van der Waals surface area (Å²) in [7, 11) is 0. The zero-order valence-corrected chi connectivity index (χ0v) is 16.1. The largest absolute Gasteiger partial charge is 0.192 e. The van der Waals surface area contributed by atoms with Gasteiger partial charge in [0.25, 0.3) is 0 Å². The van der Waals surface area contributed by atoms with Crippen LogP contribution in [0.5, 0.6) is 0 Å². The maximum Gasteiger partial charge on any atom is 0.0994 e. The van der Waals surface area contributed by atoms with Crippen LogP contribution in [-0.2, 0) is 6.42 Å². The van der Waals surface area contributed by atoms with E-state index in [0.29, 0.717) is 5.92 Å². The van der Waals surface area contributed by atoms with Crippen LogP contribution in [0.4, 0.5) is 0 Å². The van der Waals surface area contributed by atoms with E-state index in [-0.39, 0.29) is 0 Å². The number of benzene rings is 3. The average Bonchev–Trinajstić information content (AvgIpc) is 3.36. The van der Waals surface area contributed by atoms with Gasteiger partial charge in [-0.25, -0.2) is 0 Å². The van der Waals surface area contributed by atoms with Crippen molar-refractivity contribution in [1.29, 1.82) is 5.26 Å². The third-order valence-corrected chi connectivity index (χ3v) is 5.80. The predicted octanol–water partition coefficient (Wildman–Crippen LogP) is 6.87. The molecule has 0 aliphatic heterocycles. The minimum absolute atomic E-state index is 0.512. The van der Waals surface area contributed by atoms with Gasteiger partial charge in [0, 0.05) is 5.92 Å². The summed E-state index contributed by atoms with van der Waals surface area (Å²) in [6.45, 7) is 10.4. The molecule has 1 heteroatoms. The molecule has 0 fully saturated rings. The van der Waals surface area contributed by atoms with Crippen LogP contribution in [0.3, 0.4) is 0 Å². The lowest BCUT2D eigenvalue weighted by molar-refractivity contribution is 1.13. The first kappa shape index (κ1) is 17.3. The van der Waals surface area contributed by atoms with Gasteiger partial charge >= 0.3 is 0 Å². The molecule has 1 aliphatic rings. The molecule has 0 heterocycles. The molecule has 1 nitrogen and oxygen atoms in total. The Morgan fingerprint density at radius 3 is 2.52 bits per heavy atom. The van der Waals surface area contributed by atoms with E-state index in [2.05, 4.69) is 75.9 Å². The summed E-state index contributed by atoms with van der Waals surface area (Å²) in [4.78, 5) is 0. The molecule has 3 aromatic carbocycles. The van der Waals surface area contributed by atoms with E-state index in [1.165, 1.54) is 38.9 Å². The van der Waals surface area contributed by atoms with Gasteiger partial charge in [-0.2, -0.15) is 5.26 Å². The molecule has 0 amide bonds. The van der Waals surface area contributed by atoms with Gasteiger partial charge in [0.05, 0.1) is 11.6 Å². The number of hydrogen-bond donors (Lipinski definition) is 0. The number of rotatable bonds is 4. The van der Waals surface area contributed by atoms with Crippen molar-refractivity contribution in [2.45, 2.75) is 33.1 Å². The van der Waals surface area contributed by atoms with Gasteiger partial charge < -0.3 is 0 Å². The first-order chi connectivity index (χ1) is 13.1. The van der Waals surface area contributed by atoms with Crippen LogP contribution in [-0.4, -0.2) is 0 Å². The van der Waals surface area contributed by atoms with E-state index in [1.807, 2.05) is 12.1 Å². The number of aryl methyl sites for hydroxylation is 2. The zero-order chi connectivity index (χ0) is 19.1. The van der Waals surface area contributed by atoms with E-state index in [9.17, 15) is 5.26 Å². The van der Waals surface area contributed by atoms with Crippen molar-refractivity contribution in [3.8, 4) is 28.3 Å². The van der Waals surface area contributed by atoms with Gasteiger partial charge in [-0.3, -0.25) is 0 Å². The van der Waals surface area contributed by atoms with Crippen LogP contribution in [0.15, 0.2) is 55.1 Å². The predicted molar refractivity (Wildman–Crippen MR) is 114 cm³/mol. The van der Waals surface area contributed by atoms with E-state index in [0.717, 1.165) is 23.1 Å². The molecule has 0 saturated carbocycles. The lowest BCUT2D eigenvalue weighted by Crippen LogP contribution is -1.92. The number of nitriles is 1. The molecule has 1 atom stereocenters. The van der Waals surface area contributed by atoms with Gasteiger partial charge in [0.1, 0.15) is 0 Å². The minimum Gasteiger partial charge on any atom is -0.192 e. The van der Waals surface area contributed by atoms with Crippen LogP contribution in [0.1, 0.15) is 53.1 Å². The highest BCUT2D eigenvalue weighted by molar-refractivity contribution is 5.91. The molecular weight excluding hydrogens is 326 g/mol.